The molecular formula is C14H18N2O8S. The van der Waals surface area contributed by atoms with E-state index in [0.29, 0.717) is 0 Å². The molecule has 25 heavy (non-hydrogen) atoms. The van der Waals surface area contributed by atoms with Gasteiger partial charge in [-0.25, -0.2) is 4.79 Å². The molecule has 1 atom stereocenters. The second-order valence-corrected chi connectivity index (χ2v) is 7.84. The van der Waals surface area contributed by atoms with Crippen LogP contribution in [-0.4, -0.2) is 49.4 Å². The number of carbonyl (C=O) groups excluding carboxylic acids is 1. The molecule has 0 saturated carbocycles. The van der Waals surface area contributed by atoms with E-state index in [1.165, 1.54) is 18.2 Å². The van der Waals surface area contributed by atoms with Gasteiger partial charge in [0, 0.05) is 12.1 Å². The van der Waals surface area contributed by atoms with Crippen molar-refractivity contribution in [1.29, 1.82) is 0 Å². The van der Waals surface area contributed by atoms with Crippen LogP contribution in [-0.2, 0) is 23.9 Å². The Morgan fingerprint density at radius 1 is 1.40 bits per heavy atom. The van der Waals surface area contributed by atoms with E-state index >= 15 is 0 Å². The van der Waals surface area contributed by atoms with E-state index in [-0.39, 0.29) is 23.7 Å². The van der Waals surface area contributed by atoms with Crippen LogP contribution >= 0.6 is 0 Å². The first-order valence-electron chi connectivity index (χ1n) is 7.29. The highest BCUT2D eigenvalue weighted by atomic mass is 32.2. The number of nitro benzene ring substituents is 1. The number of benzene rings is 1. The van der Waals surface area contributed by atoms with Gasteiger partial charge >= 0.3 is 6.09 Å². The highest BCUT2D eigenvalue weighted by molar-refractivity contribution is 7.86. The largest absolute Gasteiger partial charge is 0.442 e. The predicted octanol–water partition coefficient (Wildman–Crippen LogP) is 1.85. The molecule has 0 spiro atoms. The highest BCUT2D eigenvalue weighted by Crippen LogP contribution is 2.22. The maximum Gasteiger partial charge on any atom is 0.434 e. The van der Waals surface area contributed by atoms with Crippen molar-refractivity contribution in [2.45, 2.75) is 37.4 Å². The Hall–Kier alpha value is -2.24. The smallest absolute Gasteiger partial charge is 0.434 e. The minimum absolute atomic E-state index is 0.150. The molecule has 1 saturated heterocycles. The van der Waals surface area contributed by atoms with Crippen LogP contribution in [0.15, 0.2) is 29.2 Å². The van der Waals surface area contributed by atoms with Gasteiger partial charge in [-0.05, 0) is 26.8 Å². The van der Waals surface area contributed by atoms with Crippen LogP contribution < -0.4 is 0 Å². The first-order chi connectivity index (χ1) is 11.5. The first-order valence-corrected chi connectivity index (χ1v) is 8.70. The number of ether oxygens (including phenoxy) is 1. The van der Waals surface area contributed by atoms with E-state index in [4.69, 9.17) is 13.8 Å². The van der Waals surface area contributed by atoms with Crippen molar-refractivity contribution in [3.8, 4) is 0 Å². The number of nitrogens with zero attached hydrogens (tertiary/aromatic N) is 2. The first kappa shape index (κ1) is 19.1. The molecule has 1 aliphatic heterocycles. The Balaban J connectivity index is 2.04. The molecule has 0 aliphatic carbocycles. The van der Waals surface area contributed by atoms with E-state index in [9.17, 15) is 23.3 Å². The molecule has 1 heterocycles. The summed E-state index contributed by atoms with van der Waals surface area (Å²) in [6.45, 7) is 4.72. The zero-order valence-electron chi connectivity index (χ0n) is 13.9. The lowest BCUT2D eigenvalue weighted by atomic mass is 10.2. The third-order valence-corrected chi connectivity index (χ3v) is 4.32. The van der Waals surface area contributed by atoms with Crippen LogP contribution in [0.5, 0.6) is 0 Å². The van der Waals surface area contributed by atoms with Gasteiger partial charge in [0.25, 0.3) is 15.8 Å². The van der Waals surface area contributed by atoms with Crippen LogP contribution in [0, 0.1) is 10.1 Å². The van der Waals surface area contributed by atoms with Crippen molar-refractivity contribution in [3.63, 3.8) is 0 Å². The van der Waals surface area contributed by atoms with Crippen molar-refractivity contribution in [3.05, 3.63) is 34.4 Å². The molecular weight excluding hydrogens is 356 g/mol. The number of non-ortho nitro benzene ring substituents is 1. The van der Waals surface area contributed by atoms with Gasteiger partial charge in [-0.15, -0.1) is 0 Å². The molecule has 0 bridgehead atoms. The SMILES string of the molecule is CC(C)(C)OC(=O)N1CC(OS(=O)(=O)c2cccc([N+](=O)[O-])c2)CO1. The summed E-state index contributed by atoms with van der Waals surface area (Å²) in [6.07, 6.45) is -1.71. The van der Waals surface area contributed by atoms with Gasteiger partial charge in [-0.1, -0.05) is 6.07 Å². The van der Waals surface area contributed by atoms with Gasteiger partial charge in [-0.3, -0.25) is 19.1 Å². The number of amides is 1. The Morgan fingerprint density at radius 2 is 2.08 bits per heavy atom. The second kappa shape index (κ2) is 6.94. The van der Waals surface area contributed by atoms with Crippen molar-refractivity contribution in [1.82, 2.24) is 5.06 Å². The summed E-state index contributed by atoms with van der Waals surface area (Å²) in [5.74, 6) is 0. The minimum atomic E-state index is -4.25. The Kier molecular flexibility index (Phi) is 5.30. The summed E-state index contributed by atoms with van der Waals surface area (Å²) < 4.78 is 34.6. The minimum Gasteiger partial charge on any atom is -0.442 e. The zero-order valence-corrected chi connectivity index (χ0v) is 14.7. The van der Waals surface area contributed by atoms with Gasteiger partial charge in [0.15, 0.2) is 0 Å². The monoisotopic (exact) mass is 374 g/mol. The number of hydrogen-bond acceptors (Lipinski definition) is 8. The summed E-state index contributed by atoms with van der Waals surface area (Å²) in [7, 11) is -4.25. The third-order valence-electron chi connectivity index (χ3n) is 2.96. The lowest BCUT2D eigenvalue weighted by molar-refractivity contribution is -0.385. The fourth-order valence-electron chi connectivity index (χ4n) is 1.95. The quantitative estimate of drug-likeness (QED) is 0.444. The molecule has 138 valence electrons. The molecule has 0 N–H and O–H groups in total. The molecule has 11 heteroatoms. The summed E-state index contributed by atoms with van der Waals surface area (Å²) in [4.78, 5) is 26.6. The van der Waals surface area contributed by atoms with Crippen LogP contribution in [0.4, 0.5) is 10.5 Å². The number of hydrogen-bond donors (Lipinski definition) is 0. The number of rotatable bonds is 4. The van der Waals surface area contributed by atoms with E-state index in [1.807, 2.05) is 0 Å². The molecule has 1 amide bonds. The van der Waals surface area contributed by atoms with E-state index in [2.05, 4.69) is 0 Å². The molecule has 1 unspecified atom stereocenters. The Bertz CT molecular complexity index is 771. The van der Waals surface area contributed by atoms with Crippen LogP contribution in [0.3, 0.4) is 0 Å². The Morgan fingerprint density at radius 3 is 2.68 bits per heavy atom. The van der Waals surface area contributed by atoms with Crippen molar-refractivity contribution < 1.29 is 31.9 Å². The van der Waals surface area contributed by atoms with Gasteiger partial charge in [0.1, 0.15) is 23.2 Å². The fraction of sp³-hybridized carbons (Fsp3) is 0.500. The predicted molar refractivity (Wildman–Crippen MR) is 84.0 cm³/mol. The summed E-state index contributed by atoms with van der Waals surface area (Å²) in [6, 6.07) is 4.50. The van der Waals surface area contributed by atoms with Gasteiger partial charge < -0.3 is 4.74 Å². The summed E-state index contributed by atoms with van der Waals surface area (Å²) >= 11 is 0. The Labute approximate surface area is 144 Å². The number of nitro groups is 1. The van der Waals surface area contributed by atoms with Crippen LogP contribution in [0.2, 0.25) is 0 Å². The average molecular weight is 374 g/mol. The maximum atomic E-state index is 12.2. The standard InChI is InChI=1S/C14H18N2O8S/c1-14(2,3)23-13(17)15-8-11(9-22-15)24-25(20,21)12-6-4-5-10(7-12)16(18)19/h4-7,11H,8-9H2,1-3H3. The number of carbonyl (C=O) groups is 1. The lowest BCUT2D eigenvalue weighted by Crippen LogP contribution is -2.35. The molecule has 1 aliphatic rings. The molecule has 1 fully saturated rings. The molecule has 2 rings (SSSR count). The van der Waals surface area contributed by atoms with Crippen molar-refractivity contribution >= 4 is 21.9 Å². The molecule has 0 radical (unpaired) electrons. The highest BCUT2D eigenvalue weighted by Gasteiger charge is 2.35. The van der Waals surface area contributed by atoms with E-state index < -0.39 is 32.8 Å². The molecule has 1 aromatic carbocycles. The zero-order chi connectivity index (χ0) is 18.8. The normalized spacial score (nSPS) is 18.2. The van der Waals surface area contributed by atoms with Crippen molar-refractivity contribution in [2.24, 2.45) is 0 Å². The van der Waals surface area contributed by atoms with Crippen molar-refractivity contribution in [2.75, 3.05) is 13.2 Å². The summed E-state index contributed by atoms with van der Waals surface area (Å²) in [5, 5.41) is 11.6. The summed E-state index contributed by atoms with van der Waals surface area (Å²) in [5.41, 5.74) is -1.10. The third kappa shape index (κ3) is 5.11. The topological polar surface area (TPSA) is 125 Å². The van der Waals surface area contributed by atoms with Gasteiger partial charge in [0.2, 0.25) is 0 Å². The van der Waals surface area contributed by atoms with E-state index in [0.717, 1.165) is 11.1 Å². The average Bonchev–Trinajstić information content (AvgIpc) is 2.93. The lowest BCUT2D eigenvalue weighted by Gasteiger charge is -2.23. The van der Waals surface area contributed by atoms with E-state index in [1.54, 1.807) is 20.8 Å². The van der Waals surface area contributed by atoms with Gasteiger partial charge in [0.05, 0.1) is 11.5 Å². The van der Waals surface area contributed by atoms with Crippen LogP contribution in [0.1, 0.15) is 20.8 Å². The number of hydroxylamine groups is 2. The van der Waals surface area contributed by atoms with Crippen LogP contribution in [0.25, 0.3) is 0 Å². The molecule has 10 nitrogen and oxygen atoms in total. The maximum absolute atomic E-state index is 12.2. The van der Waals surface area contributed by atoms with Gasteiger partial charge in [-0.2, -0.15) is 13.5 Å². The molecule has 1 aromatic rings. The second-order valence-electron chi connectivity index (χ2n) is 6.26. The molecule has 0 aromatic heterocycles. The fourth-order valence-corrected chi connectivity index (χ4v) is 3.05.